The standard InChI is InChI=1S/C19H21ClN2O4/c1-12-8-13(2)19(14(20)9-12)22-17(23)10-21-18(24)11-26-16-7-5-4-6-15(16)25-3/h4-9H,10-11H2,1-3H3,(H,21,24)(H,22,23). The van der Waals surface area contributed by atoms with Gasteiger partial charge in [0.15, 0.2) is 18.1 Å². The van der Waals surface area contributed by atoms with Crippen molar-refractivity contribution in [1.82, 2.24) is 5.32 Å². The number of halogens is 1. The van der Waals surface area contributed by atoms with Crippen LogP contribution in [0, 0.1) is 13.8 Å². The minimum atomic E-state index is -0.419. The minimum Gasteiger partial charge on any atom is -0.493 e. The lowest BCUT2D eigenvalue weighted by Crippen LogP contribution is -2.36. The van der Waals surface area contributed by atoms with Crippen molar-refractivity contribution in [2.24, 2.45) is 0 Å². The van der Waals surface area contributed by atoms with Crippen molar-refractivity contribution < 1.29 is 19.1 Å². The fourth-order valence-corrected chi connectivity index (χ4v) is 2.74. The zero-order chi connectivity index (χ0) is 19.1. The van der Waals surface area contributed by atoms with Crippen LogP contribution in [0.1, 0.15) is 11.1 Å². The number of anilines is 1. The first-order valence-corrected chi connectivity index (χ1v) is 8.37. The van der Waals surface area contributed by atoms with Gasteiger partial charge >= 0.3 is 0 Å². The van der Waals surface area contributed by atoms with Gasteiger partial charge in [-0.15, -0.1) is 0 Å². The minimum absolute atomic E-state index is 0.183. The monoisotopic (exact) mass is 376 g/mol. The molecule has 0 atom stereocenters. The summed E-state index contributed by atoms with van der Waals surface area (Å²) in [4.78, 5) is 23.9. The average Bonchev–Trinajstić information content (AvgIpc) is 2.61. The summed E-state index contributed by atoms with van der Waals surface area (Å²) in [5, 5.41) is 5.67. The van der Waals surface area contributed by atoms with E-state index in [1.54, 1.807) is 30.3 Å². The predicted octanol–water partition coefficient (Wildman–Crippen LogP) is 3.10. The number of amides is 2. The van der Waals surface area contributed by atoms with Crippen molar-refractivity contribution >= 4 is 29.1 Å². The smallest absolute Gasteiger partial charge is 0.258 e. The van der Waals surface area contributed by atoms with Crippen LogP contribution in [0.4, 0.5) is 5.69 Å². The molecular weight excluding hydrogens is 356 g/mol. The van der Waals surface area contributed by atoms with E-state index in [2.05, 4.69) is 10.6 Å². The summed E-state index contributed by atoms with van der Waals surface area (Å²) in [7, 11) is 1.52. The van der Waals surface area contributed by atoms with Gasteiger partial charge in [0.05, 0.1) is 24.4 Å². The Kier molecular flexibility index (Phi) is 6.86. The normalized spacial score (nSPS) is 10.2. The van der Waals surface area contributed by atoms with Gasteiger partial charge in [-0.05, 0) is 43.2 Å². The van der Waals surface area contributed by atoms with Gasteiger partial charge < -0.3 is 20.1 Å². The molecule has 7 heteroatoms. The van der Waals surface area contributed by atoms with E-state index in [1.165, 1.54) is 7.11 Å². The number of rotatable bonds is 7. The van der Waals surface area contributed by atoms with E-state index in [9.17, 15) is 9.59 Å². The molecule has 138 valence electrons. The van der Waals surface area contributed by atoms with Crippen molar-refractivity contribution in [3.8, 4) is 11.5 Å². The molecule has 2 N–H and O–H groups in total. The first-order valence-electron chi connectivity index (χ1n) is 8.00. The molecule has 2 amide bonds. The Balaban J connectivity index is 1.83. The lowest BCUT2D eigenvalue weighted by Gasteiger charge is -2.13. The first-order chi connectivity index (χ1) is 12.4. The molecule has 0 radical (unpaired) electrons. The summed E-state index contributed by atoms with van der Waals surface area (Å²) >= 11 is 6.15. The quantitative estimate of drug-likeness (QED) is 0.778. The van der Waals surface area contributed by atoms with Crippen LogP contribution >= 0.6 is 11.6 Å². The van der Waals surface area contributed by atoms with Gasteiger partial charge in [-0.25, -0.2) is 0 Å². The summed E-state index contributed by atoms with van der Waals surface area (Å²) in [6, 6.07) is 10.7. The summed E-state index contributed by atoms with van der Waals surface area (Å²) in [5.74, 6) is 0.196. The van der Waals surface area contributed by atoms with Crippen LogP contribution in [-0.4, -0.2) is 32.1 Å². The van der Waals surface area contributed by atoms with Crippen molar-refractivity contribution in [3.63, 3.8) is 0 Å². The van der Waals surface area contributed by atoms with Crippen LogP contribution in [-0.2, 0) is 9.59 Å². The average molecular weight is 377 g/mol. The number of hydrogen-bond donors (Lipinski definition) is 2. The SMILES string of the molecule is COc1ccccc1OCC(=O)NCC(=O)Nc1c(C)cc(C)cc1Cl. The van der Waals surface area contributed by atoms with E-state index < -0.39 is 5.91 Å². The van der Waals surface area contributed by atoms with Gasteiger partial charge in [-0.2, -0.15) is 0 Å². The van der Waals surface area contributed by atoms with Crippen LogP contribution < -0.4 is 20.1 Å². The molecule has 0 heterocycles. The maximum absolute atomic E-state index is 12.0. The van der Waals surface area contributed by atoms with Gasteiger partial charge in [0.1, 0.15) is 0 Å². The molecule has 0 saturated heterocycles. The Bertz CT molecular complexity index is 785. The lowest BCUT2D eigenvalue weighted by molar-refractivity contribution is -0.125. The number of carbonyl (C=O) groups excluding carboxylic acids is 2. The number of ether oxygens (including phenoxy) is 2. The number of benzene rings is 2. The summed E-state index contributed by atoms with van der Waals surface area (Å²) in [6.45, 7) is 3.37. The number of nitrogens with one attached hydrogen (secondary N) is 2. The van der Waals surface area contributed by atoms with E-state index >= 15 is 0 Å². The van der Waals surface area contributed by atoms with Crippen molar-refractivity contribution in [2.45, 2.75) is 13.8 Å². The van der Waals surface area contributed by atoms with Crippen molar-refractivity contribution in [2.75, 3.05) is 25.6 Å². The zero-order valence-corrected chi connectivity index (χ0v) is 15.6. The third-order valence-electron chi connectivity index (χ3n) is 3.57. The molecule has 0 unspecified atom stereocenters. The molecule has 0 aliphatic rings. The highest BCUT2D eigenvalue weighted by Crippen LogP contribution is 2.27. The summed E-state index contributed by atoms with van der Waals surface area (Å²) < 4.78 is 10.5. The van der Waals surface area contributed by atoms with Crippen LogP contribution in [0.3, 0.4) is 0 Å². The summed E-state index contributed by atoms with van der Waals surface area (Å²) in [5.41, 5.74) is 2.41. The van der Waals surface area contributed by atoms with E-state index in [0.29, 0.717) is 22.2 Å². The van der Waals surface area contributed by atoms with Gasteiger partial charge in [0, 0.05) is 0 Å². The molecule has 0 aliphatic carbocycles. The molecule has 0 bridgehead atoms. The molecule has 26 heavy (non-hydrogen) atoms. The van der Waals surface area contributed by atoms with Crippen LogP contribution in [0.2, 0.25) is 5.02 Å². The van der Waals surface area contributed by atoms with Crippen molar-refractivity contribution in [1.29, 1.82) is 0 Å². The van der Waals surface area contributed by atoms with E-state index in [1.807, 2.05) is 19.9 Å². The maximum Gasteiger partial charge on any atom is 0.258 e. The van der Waals surface area contributed by atoms with Gasteiger partial charge in [-0.1, -0.05) is 29.8 Å². The van der Waals surface area contributed by atoms with E-state index in [0.717, 1.165) is 11.1 Å². The zero-order valence-electron chi connectivity index (χ0n) is 14.9. The second kappa shape index (κ2) is 9.10. The second-order valence-electron chi connectivity index (χ2n) is 5.70. The molecule has 2 aromatic carbocycles. The molecule has 0 aliphatic heterocycles. The Morgan fingerprint density at radius 1 is 1.08 bits per heavy atom. The van der Waals surface area contributed by atoms with Gasteiger partial charge in [-0.3, -0.25) is 9.59 Å². The fourth-order valence-electron chi connectivity index (χ4n) is 2.37. The molecule has 0 aromatic heterocycles. The van der Waals surface area contributed by atoms with E-state index in [4.69, 9.17) is 21.1 Å². The first kappa shape index (κ1) is 19.6. The van der Waals surface area contributed by atoms with Gasteiger partial charge in [0.25, 0.3) is 5.91 Å². The highest BCUT2D eigenvalue weighted by Gasteiger charge is 2.12. The number of carbonyl (C=O) groups is 2. The number of methoxy groups -OCH3 is 1. The molecule has 6 nitrogen and oxygen atoms in total. The third-order valence-corrected chi connectivity index (χ3v) is 3.87. The summed E-state index contributed by atoms with van der Waals surface area (Å²) in [6.07, 6.45) is 0. The Morgan fingerprint density at radius 3 is 2.42 bits per heavy atom. The number of aryl methyl sites for hydroxylation is 2. The van der Waals surface area contributed by atoms with Crippen LogP contribution in [0.5, 0.6) is 11.5 Å². The second-order valence-corrected chi connectivity index (χ2v) is 6.11. The Labute approximate surface area is 157 Å². The van der Waals surface area contributed by atoms with Crippen LogP contribution in [0.15, 0.2) is 36.4 Å². The Hall–Kier alpha value is -2.73. The highest BCUT2D eigenvalue weighted by molar-refractivity contribution is 6.34. The molecule has 0 saturated carbocycles. The topological polar surface area (TPSA) is 76.7 Å². The van der Waals surface area contributed by atoms with Gasteiger partial charge in [0.2, 0.25) is 5.91 Å². The number of hydrogen-bond acceptors (Lipinski definition) is 4. The van der Waals surface area contributed by atoms with Crippen molar-refractivity contribution in [3.05, 3.63) is 52.5 Å². The largest absolute Gasteiger partial charge is 0.493 e. The van der Waals surface area contributed by atoms with E-state index in [-0.39, 0.29) is 19.1 Å². The lowest BCUT2D eigenvalue weighted by atomic mass is 10.1. The van der Waals surface area contributed by atoms with Crippen LogP contribution in [0.25, 0.3) is 0 Å². The molecule has 0 fully saturated rings. The third kappa shape index (κ3) is 5.39. The maximum atomic E-state index is 12.0. The Morgan fingerprint density at radius 2 is 1.77 bits per heavy atom. The predicted molar refractivity (Wildman–Crippen MR) is 101 cm³/mol. The molecule has 2 aromatic rings. The molecule has 2 rings (SSSR count). The molecular formula is C19H21ClN2O4. The highest BCUT2D eigenvalue weighted by atomic mass is 35.5. The molecule has 0 spiro atoms. The number of para-hydroxylation sites is 2. The fraction of sp³-hybridized carbons (Fsp3) is 0.263.